The Morgan fingerprint density at radius 3 is 2.47 bits per heavy atom. The quantitative estimate of drug-likeness (QED) is 0.313. The summed E-state index contributed by atoms with van der Waals surface area (Å²) in [5.74, 6) is 0.121. The Bertz CT molecular complexity index is 1360. The molecule has 0 saturated heterocycles. The average Bonchev–Trinajstić information content (AvgIpc) is 3.35. The van der Waals surface area contributed by atoms with Gasteiger partial charge in [0.1, 0.15) is 0 Å². The average molecular weight is 486 g/mol. The van der Waals surface area contributed by atoms with Gasteiger partial charge in [0.25, 0.3) is 5.89 Å². The maximum Gasteiger partial charge on any atom is 0.317 e. The molecule has 186 valence electrons. The monoisotopic (exact) mass is 485 g/mol. The van der Waals surface area contributed by atoms with Crippen molar-refractivity contribution < 1.29 is 19.2 Å². The number of aliphatic carboxylic acids is 1. The molecule has 7 heteroatoms. The molecule has 4 rings (SSSR count). The number of rotatable bonds is 10. The van der Waals surface area contributed by atoms with Gasteiger partial charge in [-0.2, -0.15) is 4.98 Å². The fraction of sp³-hybridized carbons (Fsp3) is 0.276. The highest BCUT2D eigenvalue weighted by Gasteiger charge is 2.16. The van der Waals surface area contributed by atoms with Gasteiger partial charge in [-0.15, -0.1) is 0 Å². The number of carboxylic acid groups (broad SMARTS) is 1. The smallest absolute Gasteiger partial charge is 0.317 e. The van der Waals surface area contributed by atoms with Crippen LogP contribution in [-0.4, -0.2) is 46.8 Å². The summed E-state index contributed by atoms with van der Waals surface area (Å²) in [6.07, 6.45) is 0.815. The normalized spacial score (nSPS) is 11.2. The Morgan fingerprint density at radius 1 is 1.00 bits per heavy atom. The summed E-state index contributed by atoms with van der Waals surface area (Å²) in [4.78, 5) is 17.4. The van der Waals surface area contributed by atoms with Crippen LogP contribution in [0.4, 0.5) is 0 Å². The summed E-state index contributed by atoms with van der Waals surface area (Å²) in [6, 6.07) is 20.4. The SMILES string of the molecule is CCc1cc(-c2noc(-c3ccc(-c4ccccc4C)c(COC)c3)n2)ccc1CN(C)CC(=O)O. The van der Waals surface area contributed by atoms with Gasteiger partial charge >= 0.3 is 5.97 Å². The van der Waals surface area contributed by atoms with Gasteiger partial charge in [0.15, 0.2) is 0 Å². The molecule has 0 aliphatic rings. The first kappa shape index (κ1) is 25.3. The van der Waals surface area contributed by atoms with E-state index in [4.69, 9.17) is 14.4 Å². The number of likely N-dealkylation sites (N-methyl/N-ethyl adjacent to an activating group) is 1. The summed E-state index contributed by atoms with van der Waals surface area (Å²) in [7, 11) is 3.49. The maximum atomic E-state index is 11.0. The van der Waals surface area contributed by atoms with E-state index in [9.17, 15) is 4.79 Å². The molecule has 36 heavy (non-hydrogen) atoms. The van der Waals surface area contributed by atoms with Crippen LogP contribution in [0.3, 0.4) is 0 Å². The van der Waals surface area contributed by atoms with Crippen molar-refractivity contribution in [3.63, 3.8) is 0 Å². The molecule has 1 aromatic heterocycles. The Hall–Kier alpha value is -3.81. The maximum absolute atomic E-state index is 11.0. The predicted octanol–water partition coefficient (Wildman–Crippen LogP) is 5.60. The molecule has 0 aliphatic heterocycles. The summed E-state index contributed by atoms with van der Waals surface area (Å²) in [5.41, 5.74) is 8.45. The first-order valence-electron chi connectivity index (χ1n) is 11.9. The van der Waals surface area contributed by atoms with E-state index < -0.39 is 5.97 Å². The lowest BCUT2D eigenvalue weighted by molar-refractivity contribution is -0.138. The van der Waals surface area contributed by atoms with E-state index in [2.05, 4.69) is 48.3 Å². The molecule has 1 heterocycles. The van der Waals surface area contributed by atoms with E-state index in [1.807, 2.05) is 36.4 Å². The lowest BCUT2D eigenvalue weighted by Gasteiger charge is -2.17. The van der Waals surface area contributed by atoms with Gasteiger partial charge in [-0.25, -0.2) is 0 Å². The molecule has 0 fully saturated rings. The minimum Gasteiger partial charge on any atom is -0.480 e. The number of aryl methyl sites for hydroxylation is 2. The highest BCUT2D eigenvalue weighted by molar-refractivity contribution is 5.74. The fourth-order valence-electron chi connectivity index (χ4n) is 4.42. The zero-order valence-corrected chi connectivity index (χ0v) is 21.1. The third-order valence-corrected chi connectivity index (χ3v) is 6.20. The molecule has 0 amide bonds. The second kappa shape index (κ2) is 11.3. The number of ether oxygens (including phenoxy) is 1. The Kier molecular flexibility index (Phi) is 7.93. The van der Waals surface area contributed by atoms with Crippen LogP contribution in [0, 0.1) is 6.92 Å². The number of nitrogens with zero attached hydrogens (tertiary/aromatic N) is 3. The minimum absolute atomic E-state index is 0.00715. The fourth-order valence-corrected chi connectivity index (χ4v) is 4.42. The van der Waals surface area contributed by atoms with E-state index in [0.717, 1.165) is 39.8 Å². The van der Waals surface area contributed by atoms with Crippen LogP contribution in [0.15, 0.2) is 65.2 Å². The van der Waals surface area contributed by atoms with Crippen LogP contribution in [0.5, 0.6) is 0 Å². The Balaban J connectivity index is 1.62. The molecule has 0 unspecified atom stereocenters. The number of methoxy groups -OCH3 is 1. The molecular weight excluding hydrogens is 454 g/mol. The summed E-state index contributed by atoms with van der Waals surface area (Å²) in [6.45, 7) is 5.20. The van der Waals surface area contributed by atoms with Gasteiger partial charge in [0.05, 0.1) is 13.2 Å². The highest BCUT2D eigenvalue weighted by Crippen LogP contribution is 2.32. The van der Waals surface area contributed by atoms with E-state index >= 15 is 0 Å². The highest BCUT2D eigenvalue weighted by atomic mass is 16.5. The van der Waals surface area contributed by atoms with Crippen LogP contribution >= 0.6 is 0 Å². The van der Waals surface area contributed by atoms with Crippen LogP contribution in [0.1, 0.15) is 29.2 Å². The van der Waals surface area contributed by atoms with Crippen molar-refractivity contribution in [2.45, 2.75) is 33.4 Å². The molecule has 1 N–H and O–H groups in total. The van der Waals surface area contributed by atoms with Crippen molar-refractivity contribution >= 4 is 5.97 Å². The molecule has 0 saturated carbocycles. The van der Waals surface area contributed by atoms with Crippen LogP contribution in [0.2, 0.25) is 0 Å². The molecule has 3 aromatic carbocycles. The minimum atomic E-state index is -0.841. The van der Waals surface area contributed by atoms with Crippen molar-refractivity contribution in [2.24, 2.45) is 0 Å². The van der Waals surface area contributed by atoms with Gasteiger partial charge < -0.3 is 14.4 Å². The van der Waals surface area contributed by atoms with Crippen molar-refractivity contribution in [3.05, 3.63) is 82.9 Å². The van der Waals surface area contributed by atoms with Gasteiger partial charge in [0, 0.05) is 24.8 Å². The zero-order valence-electron chi connectivity index (χ0n) is 21.1. The molecular formula is C29H31N3O4. The lowest BCUT2D eigenvalue weighted by Crippen LogP contribution is -2.25. The summed E-state index contributed by atoms with van der Waals surface area (Å²) >= 11 is 0. The molecule has 7 nitrogen and oxygen atoms in total. The van der Waals surface area contributed by atoms with Crippen molar-refractivity contribution in [2.75, 3.05) is 20.7 Å². The summed E-state index contributed by atoms with van der Waals surface area (Å²) in [5, 5.41) is 13.3. The number of aromatic nitrogens is 2. The van der Waals surface area contributed by atoms with Gasteiger partial charge in [-0.3, -0.25) is 9.69 Å². The largest absolute Gasteiger partial charge is 0.480 e. The van der Waals surface area contributed by atoms with Crippen molar-refractivity contribution in [3.8, 4) is 34.0 Å². The number of hydrogen-bond acceptors (Lipinski definition) is 6. The molecule has 0 aliphatic carbocycles. The second-order valence-corrected chi connectivity index (χ2v) is 8.95. The Labute approximate surface area is 211 Å². The predicted molar refractivity (Wildman–Crippen MR) is 139 cm³/mol. The van der Waals surface area contributed by atoms with E-state index in [0.29, 0.717) is 24.9 Å². The molecule has 0 bridgehead atoms. The molecule has 0 radical (unpaired) electrons. The first-order chi connectivity index (χ1) is 17.4. The molecule has 4 aromatic rings. The van der Waals surface area contributed by atoms with Crippen molar-refractivity contribution in [1.82, 2.24) is 15.0 Å². The van der Waals surface area contributed by atoms with Gasteiger partial charge in [-0.05, 0) is 72.0 Å². The topological polar surface area (TPSA) is 88.7 Å². The Morgan fingerprint density at radius 2 is 1.75 bits per heavy atom. The summed E-state index contributed by atoms with van der Waals surface area (Å²) < 4.78 is 11.1. The lowest BCUT2D eigenvalue weighted by atomic mass is 9.94. The number of carbonyl (C=O) groups is 1. The van der Waals surface area contributed by atoms with E-state index in [1.54, 1.807) is 19.1 Å². The molecule has 0 atom stereocenters. The molecule has 0 spiro atoms. The van der Waals surface area contributed by atoms with Crippen molar-refractivity contribution in [1.29, 1.82) is 0 Å². The third kappa shape index (κ3) is 5.70. The van der Waals surface area contributed by atoms with Gasteiger partial charge in [0.2, 0.25) is 5.82 Å². The standard InChI is InChI=1S/C29H31N3O4/c1-5-20-14-21(10-11-23(20)16-32(3)17-27(33)34)28-30-29(36-31-28)22-12-13-26(24(15-22)18-35-4)25-9-7-6-8-19(25)2/h6-15H,5,16-18H2,1-4H3,(H,33,34). The van der Waals surface area contributed by atoms with E-state index in [-0.39, 0.29) is 6.54 Å². The number of hydrogen-bond donors (Lipinski definition) is 1. The van der Waals surface area contributed by atoms with Crippen LogP contribution in [0.25, 0.3) is 34.0 Å². The van der Waals surface area contributed by atoms with Crippen LogP contribution < -0.4 is 0 Å². The van der Waals surface area contributed by atoms with Gasteiger partial charge in [-0.1, -0.05) is 54.5 Å². The second-order valence-electron chi connectivity index (χ2n) is 8.95. The third-order valence-electron chi connectivity index (χ3n) is 6.20. The number of carboxylic acids is 1. The van der Waals surface area contributed by atoms with Crippen LogP contribution in [-0.2, 0) is 29.1 Å². The zero-order chi connectivity index (χ0) is 25.7. The first-order valence-corrected chi connectivity index (χ1v) is 11.9. The van der Waals surface area contributed by atoms with E-state index in [1.165, 1.54) is 11.1 Å². The number of benzene rings is 3.